The standard InChI is InChI=1S/C26H34N2O6/c1-17-14-20(16-32-26(31)28(2)21-7-3-4-8-21)24(34-27-17)18-10-12-22(13-11-18)33-23-9-5-6-19(15-23)25(29)30/h10-13,19,21,23H,3-9,14-16H2,1-2H3,(H,29,30). The molecule has 34 heavy (non-hydrogen) atoms. The molecule has 0 spiro atoms. The van der Waals surface area contributed by atoms with Gasteiger partial charge in [0, 0.05) is 30.6 Å². The first kappa shape index (κ1) is 24.1. The average Bonchev–Trinajstić information content (AvgIpc) is 3.38. The smallest absolute Gasteiger partial charge is 0.410 e. The highest BCUT2D eigenvalue weighted by atomic mass is 16.6. The molecule has 2 atom stereocenters. The summed E-state index contributed by atoms with van der Waals surface area (Å²) in [6, 6.07) is 7.77. The number of hydrogen-bond donors (Lipinski definition) is 1. The summed E-state index contributed by atoms with van der Waals surface area (Å²) in [5, 5.41) is 13.4. The van der Waals surface area contributed by atoms with Crippen molar-refractivity contribution in [3.63, 3.8) is 0 Å². The van der Waals surface area contributed by atoms with Gasteiger partial charge in [-0.1, -0.05) is 18.0 Å². The van der Waals surface area contributed by atoms with E-state index >= 15 is 0 Å². The van der Waals surface area contributed by atoms with Gasteiger partial charge < -0.3 is 24.3 Å². The van der Waals surface area contributed by atoms with Crippen molar-refractivity contribution in [3.8, 4) is 5.75 Å². The minimum absolute atomic E-state index is 0.0927. The van der Waals surface area contributed by atoms with Crippen LogP contribution >= 0.6 is 0 Å². The lowest BCUT2D eigenvalue weighted by Crippen LogP contribution is -2.36. The second-order valence-electron chi connectivity index (χ2n) is 9.60. The molecule has 2 saturated carbocycles. The van der Waals surface area contributed by atoms with Crippen molar-refractivity contribution in [2.24, 2.45) is 11.1 Å². The van der Waals surface area contributed by atoms with Crippen LogP contribution in [0.5, 0.6) is 5.75 Å². The van der Waals surface area contributed by atoms with E-state index in [1.165, 1.54) is 0 Å². The maximum atomic E-state index is 12.6. The van der Waals surface area contributed by atoms with Crippen molar-refractivity contribution in [2.45, 2.75) is 76.9 Å². The second kappa shape index (κ2) is 10.9. The molecule has 0 bridgehead atoms. The Labute approximate surface area is 200 Å². The van der Waals surface area contributed by atoms with Crippen LogP contribution < -0.4 is 4.74 Å². The molecule has 0 radical (unpaired) electrons. The normalized spacial score (nSPS) is 23.2. The molecule has 1 aromatic carbocycles. The zero-order valence-electron chi connectivity index (χ0n) is 20.0. The summed E-state index contributed by atoms with van der Waals surface area (Å²) < 4.78 is 11.7. The maximum Gasteiger partial charge on any atom is 0.410 e. The number of carbonyl (C=O) groups excluding carboxylic acids is 1. The molecule has 3 aliphatic rings. The zero-order chi connectivity index (χ0) is 24.1. The summed E-state index contributed by atoms with van der Waals surface area (Å²) in [6.07, 6.45) is 7.50. The van der Waals surface area contributed by atoms with Gasteiger partial charge in [0.25, 0.3) is 0 Å². The first-order chi connectivity index (χ1) is 16.4. The fraction of sp³-hybridized carbons (Fsp3) is 0.577. The molecular weight excluding hydrogens is 436 g/mol. The van der Waals surface area contributed by atoms with Gasteiger partial charge in [0.05, 0.1) is 17.7 Å². The van der Waals surface area contributed by atoms with Crippen molar-refractivity contribution in [3.05, 3.63) is 35.4 Å². The minimum atomic E-state index is -0.747. The van der Waals surface area contributed by atoms with E-state index in [1.54, 1.807) is 11.9 Å². The van der Waals surface area contributed by atoms with Crippen molar-refractivity contribution < 1.29 is 29.0 Å². The van der Waals surface area contributed by atoms with Gasteiger partial charge in [-0.15, -0.1) is 0 Å². The first-order valence-corrected chi connectivity index (χ1v) is 12.2. The largest absolute Gasteiger partial charge is 0.490 e. The van der Waals surface area contributed by atoms with Gasteiger partial charge in [0.15, 0.2) is 5.76 Å². The van der Waals surface area contributed by atoms with E-state index in [1.807, 2.05) is 31.2 Å². The van der Waals surface area contributed by atoms with Crippen LogP contribution in [-0.2, 0) is 14.4 Å². The highest BCUT2D eigenvalue weighted by Crippen LogP contribution is 2.31. The van der Waals surface area contributed by atoms with Gasteiger partial charge in [0.1, 0.15) is 12.4 Å². The van der Waals surface area contributed by atoms with E-state index in [4.69, 9.17) is 14.3 Å². The number of carboxylic acid groups (broad SMARTS) is 1. The number of oxime groups is 1. The summed E-state index contributed by atoms with van der Waals surface area (Å²) in [7, 11) is 1.81. The van der Waals surface area contributed by atoms with Gasteiger partial charge in [-0.25, -0.2) is 4.79 Å². The number of ether oxygens (including phenoxy) is 2. The van der Waals surface area contributed by atoms with Gasteiger partial charge >= 0.3 is 12.1 Å². The Balaban J connectivity index is 1.40. The predicted molar refractivity (Wildman–Crippen MR) is 128 cm³/mol. The number of rotatable bonds is 7. The van der Waals surface area contributed by atoms with E-state index in [2.05, 4.69) is 5.16 Å². The molecule has 2 fully saturated rings. The molecule has 4 rings (SSSR count). The molecule has 184 valence electrons. The van der Waals surface area contributed by atoms with E-state index < -0.39 is 5.97 Å². The Morgan fingerprint density at radius 1 is 1.12 bits per heavy atom. The summed E-state index contributed by atoms with van der Waals surface area (Å²) in [6.45, 7) is 2.03. The van der Waals surface area contributed by atoms with Crippen LogP contribution in [0, 0.1) is 5.92 Å². The lowest BCUT2D eigenvalue weighted by molar-refractivity contribution is -0.143. The lowest BCUT2D eigenvalue weighted by Gasteiger charge is -2.27. The topological polar surface area (TPSA) is 97.7 Å². The number of amides is 1. The summed E-state index contributed by atoms with van der Waals surface area (Å²) in [5.41, 5.74) is 2.51. The molecule has 0 saturated heterocycles. The Morgan fingerprint density at radius 2 is 1.85 bits per heavy atom. The molecule has 1 aliphatic heterocycles. The van der Waals surface area contributed by atoms with Gasteiger partial charge in [-0.05, 0) is 69.7 Å². The van der Waals surface area contributed by atoms with Gasteiger partial charge in [-0.2, -0.15) is 0 Å². The molecule has 8 nitrogen and oxygen atoms in total. The second-order valence-corrected chi connectivity index (χ2v) is 9.60. The van der Waals surface area contributed by atoms with Crippen LogP contribution in [0.4, 0.5) is 4.79 Å². The van der Waals surface area contributed by atoms with Gasteiger partial charge in [-0.3, -0.25) is 4.79 Å². The molecule has 1 N–H and O–H groups in total. The maximum absolute atomic E-state index is 12.6. The molecular formula is C26H34N2O6. The van der Waals surface area contributed by atoms with Crippen LogP contribution in [-0.4, -0.2) is 53.6 Å². The molecule has 1 aromatic rings. The van der Waals surface area contributed by atoms with Gasteiger partial charge in [0.2, 0.25) is 0 Å². The van der Waals surface area contributed by atoms with E-state index in [0.29, 0.717) is 30.8 Å². The number of carboxylic acids is 1. The quantitative estimate of drug-likeness (QED) is 0.586. The summed E-state index contributed by atoms with van der Waals surface area (Å²) in [5.74, 6) is 0.209. The Hall–Kier alpha value is -3.03. The minimum Gasteiger partial charge on any atom is -0.490 e. The highest BCUT2D eigenvalue weighted by molar-refractivity contribution is 5.87. The third-order valence-corrected chi connectivity index (χ3v) is 7.01. The van der Waals surface area contributed by atoms with E-state index in [9.17, 15) is 14.7 Å². The summed E-state index contributed by atoms with van der Waals surface area (Å²) in [4.78, 5) is 31.2. The number of hydrogen-bond acceptors (Lipinski definition) is 6. The Morgan fingerprint density at radius 3 is 2.56 bits per heavy atom. The molecule has 2 unspecified atom stereocenters. The van der Waals surface area contributed by atoms with Crippen LogP contribution in [0.1, 0.15) is 70.3 Å². The Kier molecular flexibility index (Phi) is 7.75. The SMILES string of the molecule is CC1=NOC(c2ccc(OC3CCCC(C(=O)O)C3)cc2)=C(COC(=O)N(C)C2CCCC2)C1. The fourth-order valence-electron chi connectivity index (χ4n) is 5.03. The zero-order valence-corrected chi connectivity index (χ0v) is 20.0. The molecule has 0 aromatic heterocycles. The van der Waals surface area contributed by atoms with E-state index in [0.717, 1.165) is 55.4 Å². The van der Waals surface area contributed by atoms with Crippen molar-refractivity contribution in [1.29, 1.82) is 0 Å². The van der Waals surface area contributed by atoms with Crippen molar-refractivity contribution in [2.75, 3.05) is 13.7 Å². The van der Waals surface area contributed by atoms with Crippen molar-refractivity contribution in [1.82, 2.24) is 4.90 Å². The first-order valence-electron chi connectivity index (χ1n) is 12.2. The van der Waals surface area contributed by atoms with Crippen LogP contribution in [0.15, 0.2) is 35.0 Å². The highest BCUT2D eigenvalue weighted by Gasteiger charge is 2.28. The number of carbonyl (C=O) groups is 2. The third-order valence-electron chi connectivity index (χ3n) is 7.01. The van der Waals surface area contributed by atoms with Crippen LogP contribution in [0.3, 0.4) is 0 Å². The fourth-order valence-corrected chi connectivity index (χ4v) is 5.03. The Bertz CT molecular complexity index is 949. The van der Waals surface area contributed by atoms with Crippen LogP contribution in [0.2, 0.25) is 0 Å². The number of benzene rings is 1. The molecule has 1 heterocycles. The monoisotopic (exact) mass is 470 g/mol. The van der Waals surface area contributed by atoms with E-state index in [-0.39, 0.29) is 30.8 Å². The molecule has 8 heteroatoms. The summed E-state index contributed by atoms with van der Waals surface area (Å²) >= 11 is 0. The lowest BCUT2D eigenvalue weighted by atomic mass is 9.87. The predicted octanol–water partition coefficient (Wildman–Crippen LogP) is 5.23. The number of nitrogens with zero attached hydrogens (tertiary/aromatic N) is 2. The third kappa shape index (κ3) is 5.90. The van der Waals surface area contributed by atoms with Crippen LogP contribution in [0.25, 0.3) is 5.76 Å². The number of aliphatic carboxylic acids is 1. The van der Waals surface area contributed by atoms with Crippen molar-refractivity contribution >= 4 is 23.5 Å². The molecule has 2 aliphatic carbocycles. The average molecular weight is 471 g/mol. The molecule has 1 amide bonds.